The Bertz CT molecular complexity index is 950. The van der Waals surface area contributed by atoms with Gasteiger partial charge < -0.3 is 4.90 Å². The summed E-state index contributed by atoms with van der Waals surface area (Å²) in [5, 5.41) is 4.53. The number of nitrogens with zero attached hydrogens (tertiary/aromatic N) is 3. The maximum Gasteiger partial charge on any atom is 0.272 e. The van der Waals surface area contributed by atoms with Gasteiger partial charge in [-0.3, -0.25) is 9.48 Å². The lowest BCUT2D eigenvalue weighted by Gasteiger charge is -2.24. The lowest BCUT2D eigenvalue weighted by atomic mass is 9.94. The molecule has 0 N–H and O–H groups in total. The van der Waals surface area contributed by atoms with Crippen molar-refractivity contribution in [3.8, 4) is 11.3 Å². The van der Waals surface area contributed by atoms with Gasteiger partial charge in [-0.25, -0.2) is 4.39 Å². The molecular weight excluding hydrogens is 353 g/mol. The minimum atomic E-state index is -0.228. The van der Waals surface area contributed by atoms with E-state index < -0.39 is 0 Å². The van der Waals surface area contributed by atoms with Gasteiger partial charge in [-0.05, 0) is 36.6 Å². The smallest absolute Gasteiger partial charge is 0.272 e. The highest BCUT2D eigenvalue weighted by molar-refractivity contribution is 5.93. The number of carbonyl (C=O) groups is 1. The second-order valence-corrected chi connectivity index (χ2v) is 7.40. The Morgan fingerprint density at radius 2 is 1.82 bits per heavy atom. The molecule has 0 aliphatic carbocycles. The van der Waals surface area contributed by atoms with Gasteiger partial charge in [0.15, 0.2) is 0 Å². The molecule has 1 fully saturated rings. The number of carbonyl (C=O) groups excluding carboxylic acids is 1. The van der Waals surface area contributed by atoms with Gasteiger partial charge in [0.1, 0.15) is 11.5 Å². The molecule has 0 saturated carbocycles. The second-order valence-electron chi connectivity index (χ2n) is 7.40. The van der Waals surface area contributed by atoms with Crippen LogP contribution in [-0.2, 0) is 7.05 Å². The van der Waals surface area contributed by atoms with Gasteiger partial charge in [-0.1, -0.05) is 48.9 Å². The van der Waals surface area contributed by atoms with Crippen molar-refractivity contribution in [1.82, 2.24) is 14.7 Å². The molecule has 0 bridgehead atoms. The Morgan fingerprint density at radius 3 is 2.57 bits per heavy atom. The van der Waals surface area contributed by atoms with E-state index >= 15 is 0 Å². The summed E-state index contributed by atoms with van der Waals surface area (Å²) in [4.78, 5) is 15.2. The molecule has 4 nitrogen and oxygen atoms in total. The molecule has 0 unspecified atom stereocenters. The molecule has 1 aliphatic rings. The molecule has 1 saturated heterocycles. The molecule has 0 spiro atoms. The average molecular weight is 377 g/mol. The van der Waals surface area contributed by atoms with E-state index in [1.54, 1.807) is 4.68 Å². The lowest BCUT2D eigenvalue weighted by Crippen LogP contribution is -2.35. The van der Waals surface area contributed by atoms with Crippen LogP contribution in [-0.4, -0.2) is 33.7 Å². The largest absolute Gasteiger partial charge is 0.337 e. The molecule has 1 amide bonds. The van der Waals surface area contributed by atoms with E-state index in [0.717, 1.165) is 42.6 Å². The second kappa shape index (κ2) is 7.97. The zero-order valence-corrected chi connectivity index (χ0v) is 16.0. The van der Waals surface area contributed by atoms with E-state index in [1.807, 2.05) is 60.5 Å². The first-order valence-electron chi connectivity index (χ1n) is 9.76. The van der Waals surface area contributed by atoms with Gasteiger partial charge in [0.25, 0.3) is 5.91 Å². The highest BCUT2D eigenvalue weighted by Crippen LogP contribution is 2.28. The zero-order valence-electron chi connectivity index (χ0n) is 16.0. The van der Waals surface area contributed by atoms with Crippen molar-refractivity contribution in [2.24, 2.45) is 7.05 Å². The third-order valence-corrected chi connectivity index (χ3v) is 5.47. The summed E-state index contributed by atoms with van der Waals surface area (Å²) in [6, 6.07) is 18.4. The van der Waals surface area contributed by atoms with E-state index in [-0.39, 0.29) is 17.6 Å². The third-order valence-electron chi connectivity index (χ3n) is 5.47. The maximum absolute atomic E-state index is 13.3. The van der Waals surface area contributed by atoms with E-state index in [4.69, 9.17) is 0 Å². The van der Waals surface area contributed by atoms with Crippen LogP contribution < -0.4 is 0 Å². The van der Waals surface area contributed by atoms with Gasteiger partial charge in [0.05, 0.1) is 5.69 Å². The first kappa shape index (κ1) is 18.4. The molecule has 1 atom stereocenters. The molecule has 144 valence electrons. The molecule has 28 heavy (non-hydrogen) atoms. The topological polar surface area (TPSA) is 38.1 Å². The van der Waals surface area contributed by atoms with E-state index in [0.29, 0.717) is 12.2 Å². The molecule has 4 rings (SSSR count). The Labute approximate surface area is 164 Å². The highest BCUT2D eigenvalue weighted by atomic mass is 19.1. The number of hydrogen-bond donors (Lipinski definition) is 0. The average Bonchev–Trinajstić information content (AvgIpc) is 2.95. The van der Waals surface area contributed by atoms with Crippen LogP contribution in [0, 0.1) is 5.82 Å². The highest BCUT2D eigenvalue weighted by Gasteiger charge is 2.26. The third kappa shape index (κ3) is 3.84. The number of likely N-dealkylation sites (tertiary alicyclic amines) is 1. The summed E-state index contributed by atoms with van der Waals surface area (Å²) in [6.07, 6.45) is 3.05. The van der Waals surface area contributed by atoms with E-state index in [2.05, 4.69) is 5.10 Å². The maximum atomic E-state index is 13.3. The lowest BCUT2D eigenvalue weighted by molar-refractivity contribution is 0.0743. The number of benzene rings is 2. The molecule has 2 heterocycles. The Morgan fingerprint density at radius 1 is 1.07 bits per heavy atom. The van der Waals surface area contributed by atoms with Gasteiger partial charge in [0.2, 0.25) is 0 Å². The molecule has 5 heteroatoms. The van der Waals surface area contributed by atoms with Crippen molar-refractivity contribution in [2.75, 3.05) is 13.1 Å². The van der Waals surface area contributed by atoms with Crippen LogP contribution in [0.3, 0.4) is 0 Å². The van der Waals surface area contributed by atoms with Crippen molar-refractivity contribution in [1.29, 1.82) is 0 Å². The van der Waals surface area contributed by atoms with Crippen LogP contribution in [0.2, 0.25) is 0 Å². The van der Waals surface area contributed by atoms with Crippen molar-refractivity contribution in [2.45, 2.75) is 25.2 Å². The minimum Gasteiger partial charge on any atom is -0.337 e. The summed E-state index contributed by atoms with van der Waals surface area (Å²) in [7, 11) is 1.81. The van der Waals surface area contributed by atoms with Crippen LogP contribution in [0.5, 0.6) is 0 Å². The van der Waals surface area contributed by atoms with E-state index in [9.17, 15) is 9.18 Å². The van der Waals surface area contributed by atoms with Crippen molar-refractivity contribution in [3.63, 3.8) is 0 Å². The standard InChI is InChI=1S/C23H24FN3O/c1-26-22(15-21(25-26)18-7-3-2-4-8-18)23(28)27-14-6-5-9-19(16-27)17-10-12-20(24)13-11-17/h2-4,7-8,10-13,15,19H,5-6,9,14,16H2,1H3/t19-/m1/s1. The Hall–Kier alpha value is -2.95. The predicted octanol–water partition coefficient (Wildman–Crippen LogP) is 4.64. The first-order chi connectivity index (χ1) is 13.6. The number of rotatable bonds is 3. The monoisotopic (exact) mass is 377 g/mol. The van der Waals surface area contributed by atoms with Gasteiger partial charge in [0, 0.05) is 31.6 Å². The van der Waals surface area contributed by atoms with Crippen LogP contribution in [0.15, 0.2) is 60.7 Å². The van der Waals surface area contributed by atoms with Gasteiger partial charge in [-0.15, -0.1) is 0 Å². The summed E-state index contributed by atoms with van der Waals surface area (Å²) in [5.41, 5.74) is 3.49. The fraction of sp³-hybridized carbons (Fsp3) is 0.304. The van der Waals surface area contributed by atoms with Crippen LogP contribution >= 0.6 is 0 Å². The van der Waals surface area contributed by atoms with Crippen molar-refractivity contribution < 1.29 is 9.18 Å². The Balaban J connectivity index is 1.56. The normalized spacial score (nSPS) is 17.4. The molecular formula is C23H24FN3O. The molecule has 2 aromatic carbocycles. The van der Waals surface area contributed by atoms with Crippen LogP contribution in [0.25, 0.3) is 11.3 Å². The van der Waals surface area contributed by atoms with Crippen molar-refractivity contribution in [3.05, 3.63) is 77.7 Å². The van der Waals surface area contributed by atoms with Gasteiger partial charge in [-0.2, -0.15) is 5.10 Å². The quantitative estimate of drug-likeness (QED) is 0.667. The summed E-state index contributed by atoms with van der Waals surface area (Å²) in [5.74, 6) is 0.00805. The van der Waals surface area contributed by atoms with E-state index in [1.165, 1.54) is 12.1 Å². The number of aromatic nitrogens is 2. The fourth-order valence-electron chi connectivity index (χ4n) is 3.91. The summed E-state index contributed by atoms with van der Waals surface area (Å²) < 4.78 is 14.9. The van der Waals surface area contributed by atoms with Gasteiger partial charge >= 0.3 is 0 Å². The SMILES string of the molecule is Cn1nc(-c2ccccc2)cc1C(=O)N1CCCC[C@@H](c2ccc(F)cc2)C1. The number of hydrogen-bond acceptors (Lipinski definition) is 2. The van der Waals surface area contributed by atoms with Crippen LogP contribution in [0.4, 0.5) is 4.39 Å². The first-order valence-corrected chi connectivity index (χ1v) is 9.76. The molecule has 0 radical (unpaired) electrons. The summed E-state index contributed by atoms with van der Waals surface area (Å²) >= 11 is 0. The summed E-state index contributed by atoms with van der Waals surface area (Å²) in [6.45, 7) is 1.39. The molecule has 1 aromatic heterocycles. The number of aryl methyl sites for hydroxylation is 1. The number of halogens is 1. The molecule has 3 aromatic rings. The molecule has 1 aliphatic heterocycles. The fourth-order valence-corrected chi connectivity index (χ4v) is 3.91. The van der Waals surface area contributed by atoms with Crippen LogP contribution in [0.1, 0.15) is 41.2 Å². The zero-order chi connectivity index (χ0) is 19.5. The number of amides is 1. The predicted molar refractivity (Wildman–Crippen MR) is 108 cm³/mol. The minimum absolute atomic E-state index is 0.00573. The van der Waals surface area contributed by atoms with Crippen molar-refractivity contribution >= 4 is 5.91 Å². The Kier molecular flexibility index (Phi) is 5.24.